The minimum atomic E-state index is -1.99. The van der Waals surface area contributed by atoms with Crippen LogP contribution in [0.5, 0.6) is 0 Å². The molecule has 0 amide bonds. The predicted octanol–water partition coefficient (Wildman–Crippen LogP) is 3.00. The first-order chi connectivity index (χ1) is 46.6. The molecule has 0 aliphatic carbocycles. The zero-order valence-electron chi connectivity index (χ0n) is 65.2. The van der Waals surface area contributed by atoms with Crippen molar-refractivity contribution in [2.45, 2.75) is 364 Å². The number of ketones is 1. The lowest BCUT2D eigenvalue weighted by Crippen LogP contribution is -2.61. The molecule has 0 radical (unpaired) electrons. The zero-order valence-corrected chi connectivity index (χ0v) is 65.2. The van der Waals surface area contributed by atoms with Crippen LogP contribution in [0.3, 0.4) is 0 Å². The van der Waals surface area contributed by atoms with Crippen LogP contribution in [0.15, 0.2) is 0 Å². The summed E-state index contributed by atoms with van der Waals surface area (Å²) in [7, 11) is 8.30. The smallest absolute Gasteiger partial charge is 0.311 e. The molecule has 12 N–H and O–H groups in total. The molecule has 6 aliphatic heterocycles. The maximum absolute atomic E-state index is 14.2. The summed E-state index contributed by atoms with van der Waals surface area (Å²) in [6.45, 7) is 34.3. The van der Waals surface area contributed by atoms with Gasteiger partial charge in [0.15, 0.2) is 25.2 Å². The van der Waals surface area contributed by atoms with E-state index in [1.165, 1.54) is 41.9 Å². The molecule has 28 nitrogen and oxygen atoms in total. The Morgan fingerprint density at radius 3 is 1.23 bits per heavy atom. The molecule has 6 rings (SSSR count). The van der Waals surface area contributed by atoms with Crippen molar-refractivity contribution < 1.29 is 122 Å². The number of carbonyl (C=O) groups is 3. The van der Waals surface area contributed by atoms with Crippen molar-refractivity contribution in [1.29, 1.82) is 0 Å². The Morgan fingerprint density at radius 2 is 0.871 bits per heavy atom. The van der Waals surface area contributed by atoms with Crippen LogP contribution in [0, 0.1) is 41.4 Å². The van der Waals surface area contributed by atoms with E-state index >= 15 is 0 Å². The molecule has 0 saturated carbocycles. The summed E-state index contributed by atoms with van der Waals surface area (Å²) in [4.78, 5) is 43.9. The van der Waals surface area contributed by atoms with E-state index in [1.54, 1.807) is 97.2 Å². The molecule has 36 atom stereocenters. The molecule has 6 aliphatic rings. The number of esters is 2. The quantitative estimate of drug-likeness (QED) is 0.111. The van der Waals surface area contributed by atoms with Crippen LogP contribution in [-0.4, -0.2) is 290 Å². The molecule has 6 heterocycles. The van der Waals surface area contributed by atoms with Gasteiger partial charge in [0.05, 0.1) is 89.2 Å². The molecule has 0 aromatic rings. The Morgan fingerprint density at radius 1 is 0.505 bits per heavy atom. The summed E-state index contributed by atoms with van der Waals surface area (Å²) < 4.78 is 74.2. The van der Waals surface area contributed by atoms with E-state index in [9.17, 15) is 65.4 Å². The zero-order chi connectivity index (χ0) is 76.9. The van der Waals surface area contributed by atoms with Gasteiger partial charge in [0.25, 0.3) is 0 Å². The lowest BCUT2D eigenvalue weighted by Gasteiger charge is -2.48. The van der Waals surface area contributed by atoms with Gasteiger partial charge in [-0.15, -0.1) is 0 Å². The topological polar surface area (TPSA) is 392 Å². The number of methoxy groups -OCH3 is 2. The van der Waals surface area contributed by atoms with Crippen LogP contribution in [0.1, 0.15) is 190 Å². The van der Waals surface area contributed by atoms with E-state index < -0.39 is 203 Å². The van der Waals surface area contributed by atoms with Gasteiger partial charge < -0.3 is 123 Å². The number of hydrogen-bond acceptors (Lipinski definition) is 28. The number of nitrogens with zero attached hydrogens (tertiary/aromatic N) is 1. The largest absolute Gasteiger partial charge is 0.459 e. The van der Waals surface area contributed by atoms with Crippen molar-refractivity contribution in [2.75, 3.05) is 41.9 Å². The maximum Gasteiger partial charge on any atom is 0.311 e. The molecule has 0 spiro atoms. The third kappa shape index (κ3) is 20.7. The minimum Gasteiger partial charge on any atom is -0.459 e. The molecule has 6 fully saturated rings. The fraction of sp³-hybridized carbons (Fsp3) is 0.959. The van der Waals surface area contributed by atoms with Crippen LogP contribution in [-0.2, 0) is 71.2 Å². The van der Waals surface area contributed by atoms with E-state index in [-0.39, 0.29) is 68.7 Å². The Bertz CT molecular complexity index is 2590. The summed E-state index contributed by atoms with van der Waals surface area (Å²) in [5, 5.41) is 121. The first-order valence-electron chi connectivity index (χ1n) is 36.9. The highest BCUT2D eigenvalue weighted by Crippen LogP contribution is 2.44. The molecular formula is C73H135N3O25. The van der Waals surface area contributed by atoms with Crippen LogP contribution >= 0.6 is 0 Å². The fourth-order valence-electron chi connectivity index (χ4n) is 16.7. The Hall–Kier alpha value is -2.31. The summed E-state index contributed by atoms with van der Waals surface area (Å²) in [5.74, 6) is -7.56. The van der Waals surface area contributed by atoms with Gasteiger partial charge in [-0.05, 0) is 156 Å². The monoisotopic (exact) mass is 1450 g/mol. The highest BCUT2D eigenvalue weighted by molar-refractivity contribution is 5.83. The van der Waals surface area contributed by atoms with Gasteiger partial charge in [-0.3, -0.25) is 14.4 Å². The fourth-order valence-corrected chi connectivity index (χ4v) is 16.7. The number of aliphatic hydroxyl groups is 10. The summed E-state index contributed by atoms with van der Waals surface area (Å²) in [6, 6.07) is -1.23. The second kappa shape index (κ2) is 36.3. The van der Waals surface area contributed by atoms with Crippen LogP contribution in [0.25, 0.3) is 0 Å². The first-order valence-corrected chi connectivity index (χ1v) is 36.9. The maximum atomic E-state index is 14.2. The van der Waals surface area contributed by atoms with E-state index in [0.717, 1.165) is 0 Å². The molecule has 28 heteroatoms. The van der Waals surface area contributed by atoms with Gasteiger partial charge in [-0.1, -0.05) is 48.5 Å². The molecular weight excluding hydrogens is 1320 g/mol. The van der Waals surface area contributed by atoms with E-state index in [1.807, 2.05) is 39.6 Å². The lowest BCUT2D eigenvalue weighted by atomic mass is 9.74. The van der Waals surface area contributed by atoms with Gasteiger partial charge in [0.1, 0.15) is 59.7 Å². The van der Waals surface area contributed by atoms with E-state index in [4.69, 9.17) is 56.8 Å². The average molecular weight is 1450 g/mol. The molecule has 592 valence electrons. The Balaban J connectivity index is 0.000000364. The Labute approximate surface area is 601 Å². The van der Waals surface area contributed by atoms with Gasteiger partial charge in [-0.2, -0.15) is 0 Å². The summed E-state index contributed by atoms with van der Waals surface area (Å²) in [6.07, 6.45) is -18.0. The van der Waals surface area contributed by atoms with Crippen molar-refractivity contribution in [3.63, 3.8) is 0 Å². The second-order valence-electron chi connectivity index (χ2n) is 32.4. The third-order valence-corrected chi connectivity index (χ3v) is 23.5. The van der Waals surface area contributed by atoms with Gasteiger partial charge >= 0.3 is 11.9 Å². The number of aliphatic hydroxyl groups excluding tert-OH is 6. The normalized spacial score (nSPS) is 50.3. The average Bonchev–Trinajstić information content (AvgIpc) is 1.33. The molecule has 0 aromatic carbocycles. The van der Waals surface area contributed by atoms with Crippen molar-refractivity contribution in [1.82, 2.24) is 15.5 Å². The molecule has 101 heavy (non-hydrogen) atoms. The lowest BCUT2D eigenvalue weighted by molar-refractivity contribution is -0.316. The minimum absolute atomic E-state index is 0.0929. The number of rotatable bonds is 14. The van der Waals surface area contributed by atoms with Gasteiger partial charge in [-0.25, -0.2) is 0 Å². The molecule has 0 aromatic heterocycles. The highest BCUT2D eigenvalue weighted by Gasteiger charge is 2.57. The second-order valence-corrected chi connectivity index (χ2v) is 32.4. The van der Waals surface area contributed by atoms with Crippen LogP contribution in [0.2, 0.25) is 0 Å². The summed E-state index contributed by atoms with van der Waals surface area (Å²) >= 11 is 0. The highest BCUT2D eigenvalue weighted by atomic mass is 16.7. The standard InChI is InChI=1S/C37H70N2O12.C36H65NO13/c1-14-26-37(10,45)30(41)23(6)39(12)18-19(2)16-35(8,44)32(51-34-28(40)25(38-11)15-20(3)47-34)21(4)29(22(5)33(43)49-26)50-27-17-36(9,46-13)31(42)24(7)48-27;1-13-24-36(10,44)29(40)19(4)26(38)17(2)15-34(8,43)31(50-33-27(39)23(37-11)14-18(3)46-33)20(5)28(21(6)32(42)48-24)49-25-16-35(9,45-12)30(41)22(7)47-25/h19-32,34,38,40-42,44-45H,14-18H2,1-13H3;17-25,27-31,33,37,39-41,43-44H,13-16H2,1-12H3/t19-,20-,21+,22-,23-,24+,25+,26-,27+,28-,29+,30-,31+,32-,34+,35-,36-,37-;17-,18-,19+,20+,21-,22+,23+,24-,25+,27-,28+,29-,30+,31-,33+,34-,35-,36-/m11/s1. The van der Waals surface area contributed by atoms with Crippen molar-refractivity contribution in [3.8, 4) is 0 Å². The van der Waals surface area contributed by atoms with Crippen molar-refractivity contribution >= 4 is 17.7 Å². The van der Waals surface area contributed by atoms with Crippen LogP contribution < -0.4 is 10.6 Å². The predicted molar refractivity (Wildman–Crippen MR) is 371 cm³/mol. The van der Waals surface area contributed by atoms with Crippen molar-refractivity contribution in [2.24, 2.45) is 41.4 Å². The molecule has 0 bridgehead atoms. The number of carbonyl (C=O) groups excluding carboxylic acids is 3. The SMILES string of the molecule is CC[C@H]1OC(=O)[C@H](C)[C@@H](O[C@H]2C[C@@](C)(OC)[C@@H](O)[C@H](C)O2)[C@H](C)[C@@H](O[C@@H]2O[C@H](C)C[C@H](NC)[C@H]2O)[C@](C)(O)C[C@@H](C)C(=O)[C@H](C)[C@@H](O)[C@]1(C)O.CC[C@H]1OC(=O)[C@H](C)[C@@H](O[C@H]2C[C@@](C)(OC)[C@@H](O)[C@H](C)O2)[C@H](C)[C@@H](O[C@@H]2O[C@H](C)C[C@H](NC)[C@H]2O)[C@](C)(O)C[C@@H](C)CN(C)[C@H](C)[C@@H](O)[C@]1(C)O. The number of hydrogen-bond donors (Lipinski definition) is 12. The number of cyclic esters (lactones) is 2. The van der Waals surface area contributed by atoms with E-state index in [0.29, 0.717) is 19.4 Å². The van der Waals surface area contributed by atoms with Crippen LogP contribution in [0.4, 0.5) is 0 Å². The van der Waals surface area contributed by atoms with Gasteiger partial charge in [0, 0.05) is 75.4 Å². The number of ether oxygens (including phenoxy) is 12. The molecule has 0 unspecified atom stereocenters. The number of Topliss-reactive ketones (excluding diaryl/α,β-unsaturated/α-hetero) is 1. The Kier molecular flexibility index (Phi) is 32.1. The van der Waals surface area contributed by atoms with Gasteiger partial charge in [0.2, 0.25) is 0 Å². The van der Waals surface area contributed by atoms with E-state index in [2.05, 4.69) is 10.6 Å². The number of nitrogens with one attached hydrogen (secondary N) is 2. The van der Waals surface area contributed by atoms with Crippen molar-refractivity contribution in [3.05, 3.63) is 0 Å². The third-order valence-electron chi connectivity index (χ3n) is 23.5. The summed E-state index contributed by atoms with van der Waals surface area (Å²) in [5.41, 5.74) is -9.21. The first kappa shape index (κ1) is 89.3. The number of likely N-dealkylation sites (N-methyl/N-ethyl adjacent to an activating group) is 3. The molecule has 6 saturated heterocycles.